The highest BCUT2D eigenvalue weighted by Crippen LogP contribution is 2.25. The lowest BCUT2D eigenvalue weighted by atomic mass is 9.85. The van der Waals surface area contributed by atoms with Gasteiger partial charge in [0, 0.05) is 18.4 Å². The van der Waals surface area contributed by atoms with E-state index in [1.165, 1.54) is 57.8 Å². The molecular formula is C19H34NO3-. The summed E-state index contributed by atoms with van der Waals surface area (Å²) in [7, 11) is 0. The van der Waals surface area contributed by atoms with E-state index in [1.807, 2.05) is 13.8 Å². The molecule has 0 atom stereocenters. The van der Waals surface area contributed by atoms with Gasteiger partial charge in [-0.3, -0.25) is 4.79 Å². The highest BCUT2D eigenvalue weighted by Gasteiger charge is 2.23. The molecule has 4 nitrogen and oxygen atoms in total. The fourth-order valence-electron chi connectivity index (χ4n) is 3.47. The molecule has 23 heavy (non-hydrogen) atoms. The Balaban J connectivity index is 2.43. The molecular weight excluding hydrogens is 290 g/mol. The molecule has 0 saturated heterocycles. The average molecular weight is 324 g/mol. The van der Waals surface area contributed by atoms with E-state index in [0.29, 0.717) is 0 Å². The zero-order valence-corrected chi connectivity index (χ0v) is 15.0. The van der Waals surface area contributed by atoms with E-state index in [9.17, 15) is 14.7 Å². The molecule has 0 heterocycles. The normalized spacial score (nSPS) is 19.4. The van der Waals surface area contributed by atoms with Crippen molar-refractivity contribution < 1.29 is 14.7 Å². The lowest BCUT2D eigenvalue weighted by Gasteiger charge is -2.26. The van der Waals surface area contributed by atoms with Gasteiger partial charge in [-0.25, -0.2) is 0 Å². The smallest absolute Gasteiger partial charge is 0.220 e. The lowest BCUT2D eigenvalue weighted by molar-refractivity contribution is -0.307. The summed E-state index contributed by atoms with van der Waals surface area (Å²) >= 11 is 0. The second-order valence-electron chi connectivity index (χ2n) is 7.91. The molecule has 1 saturated carbocycles. The van der Waals surface area contributed by atoms with Crippen LogP contribution in [-0.2, 0) is 9.59 Å². The monoisotopic (exact) mass is 324 g/mol. The van der Waals surface area contributed by atoms with Crippen LogP contribution in [0.2, 0.25) is 0 Å². The molecule has 134 valence electrons. The highest BCUT2D eigenvalue weighted by atomic mass is 16.4. The zero-order chi connectivity index (χ0) is 17.1. The molecule has 0 radical (unpaired) electrons. The van der Waals surface area contributed by atoms with Gasteiger partial charge in [0.2, 0.25) is 5.91 Å². The summed E-state index contributed by atoms with van der Waals surface area (Å²) < 4.78 is 0. The number of aliphatic carboxylic acids is 1. The lowest BCUT2D eigenvalue weighted by Crippen LogP contribution is -2.38. The first-order valence-corrected chi connectivity index (χ1v) is 9.38. The van der Waals surface area contributed by atoms with Gasteiger partial charge in [-0.05, 0) is 24.7 Å². The van der Waals surface area contributed by atoms with Crippen molar-refractivity contribution in [2.24, 2.45) is 5.41 Å². The fraction of sp³-hybridized carbons (Fsp3) is 0.895. The second-order valence-corrected chi connectivity index (χ2v) is 7.91. The summed E-state index contributed by atoms with van der Waals surface area (Å²) in [6.07, 6.45) is 13.8. The first-order valence-electron chi connectivity index (χ1n) is 9.38. The fourth-order valence-corrected chi connectivity index (χ4v) is 3.47. The number of carboxylic acids is 1. The Bertz CT molecular complexity index is 354. The number of amides is 1. The Morgan fingerprint density at radius 1 is 0.870 bits per heavy atom. The van der Waals surface area contributed by atoms with Gasteiger partial charge in [-0.15, -0.1) is 0 Å². The molecule has 0 aromatic rings. The van der Waals surface area contributed by atoms with Crippen molar-refractivity contribution >= 4 is 11.9 Å². The Morgan fingerprint density at radius 3 is 1.74 bits per heavy atom. The second kappa shape index (κ2) is 10.7. The molecule has 0 aliphatic heterocycles. The Morgan fingerprint density at radius 2 is 1.30 bits per heavy atom. The van der Waals surface area contributed by atoms with E-state index in [-0.39, 0.29) is 24.8 Å². The standard InChI is InChI=1S/C19H35NO3/c1-19(2,15-18(22)23)14-17(21)20-16-12-10-8-6-4-3-5-7-9-11-13-16/h16H,3-15H2,1-2H3,(H,20,21)(H,22,23)/p-1. The minimum absolute atomic E-state index is 0.0201. The van der Waals surface area contributed by atoms with Gasteiger partial charge >= 0.3 is 0 Å². The van der Waals surface area contributed by atoms with Crippen LogP contribution in [0.15, 0.2) is 0 Å². The molecule has 1 aliphatic carbocycles. The van der Waals surface area contributed by atoms with E-state index >= 15 is 0 Å². The molecule has 1 amide bonds. The number of hydrogen-bond donors (Lipinski definition) is 1. The third-order valence-electron chi connectivity index (χ3n) is 4.73. The highest BCUT2D eigenvalue weighted by molar-refractivity contribution is 5.78. The number of carbonyl (C=O) groups excluding carboxylic acids is 2. The summed E-state index contributed by atoms with van der Waals surface area (Å²) in [5.41, 5.74) is -0.547. The first-order chi connectivity index (χ1) is 10.9. The van der Waals surface area contributed by atoms with Crippen LogP contribution >= 0.6 is 0 Å². The molecule has 0 unspecified atom stereocenters. The summed E-state index contributed by atoms with van der Waals surface area (Å²) in [5, 5.41) is 13.9. The largest absolute Gasteiger partial charge is 0.550 e. The number of rotatable bonds is 5. The van der Waals surface area contributed by atoms with E-state index in [1.54, 1.807) is 0 Å². The SMILES string of the molecule is CC(C)(CC(=O)[O-])CC(=O)NC1CCCCCCCCCCC1. The Hall–Kier alpha value is -1.06. The van der Waals surface area contributed by atoms with Gasteiger partial charge in [-0.2, -0.15) is 0 Å². The first kappa shape index (κ1) is 20.0. The van der Waals surface area contributed by atoms with E-state index in [4.69, 9.17) is 0 Å². The van der Waals surface area contributed by atoms with Crippen LogP contribution in [0.5, 0.6) is 0 Å². The maximum atomic E-state index is 12.3. The Kier molecular flexibility index (Phi) is 9.27. The quantitative estimate of drug-likeness (QED) is 0.843. The summed E-state index contributed by atoms with van der Waals surface area (Å²) in [5.74, 6) is -1.11. The molecule has 4 heteroatoms. The maximum Gasteiger partial charge on any atom is 0.220 e. The summed E-state index contributed by atoms with van der Waals surface area (Å²) in [4.78, 5) is 23.0. The minimum Gasteiger partial charge on any atom is -0.550 e. The minimum atomic E-state index is -1.09. The van der Waals surface area contributed by atoms with Crippen molar-refractivity contribution in [3.63, 3.8) is 0 Å². The molecule has 0 aromatic heterocycles. The van der Waals surface area contributed by atoms with Crippen LogP contribution in [0.4, 0.5) is 0 Å². The van der Waals surface area contributed by atoms with Gasteiger partial charge in [0.05, 0.1) is 0 Å². The van der Waals surface area contributed by atoms with Crippen molar-refractivity contribution in [3.05, 3.63) is 0 Å². The van der Waals surface area contributed by atoms with Crippen LogP contribution in [-0.4, -0.2) is 17.9 Å². The maximum absolute atomic E-state index is 12.3. The van der Waals surface area contributed by atoms with E-state index < -0.39 is 11.4 Å². The predicted octanol–water partition coefficient (Wildman–Crippen LogP) is 3.33. The molecule has 0 spiro atoms. The van der Waals surface area contributed by atoms with Crippen LogP contribution in [0.3, 0.4) is 0 Å². The topological polar surface area (TPSA) is 69.2 Å². The molecule has 1 N–H and O–H groups in total. The average Bonchev–Trinajstić information content (AvgIpc) is 2.39. The van der Waals surface area contributed by atoms with Crippen molar-refractivity contribution in [2.45, 2.75) is 103 Å². The number of carboxylic acid groups (broad SMARTS) is 1. The predicted molar refractivity (Wildman–Crippen MR) is 90.7 cm³/mol. The Labute approximate surface area is 141 Å². The van der Waals surface area contributed by atoms with E-state index in [0.717, 1.165) is 12.8 Å². The number of carbonyl (C=O) groups is 2. The van der Waals surface area contributed by atoms with Crippen LogP contribution in [0.1, 0.15) is 97.3 Å². The van der Waals surface area contributed by atoms with Crippen LogP contribution < -0.4 is 10.4 Å². The molecule has 1 aliphatic rings. The molecule has 1 fully saturated rings. The van der Waals surface area contributed by atoms with Crippen molar-refractivity contribution in [3.8, 4) is 0 Å². The number of nitrogens with one attached hydrogen (secondary N) is 1. The number of hydrogen-bond acceptors (Lipinski definition) is 3. The van der Waals surface area contributed by atoms with Crippen LogP contribution in [0, 0.1) is 5.41 Å². The van der Waals surface area contributed by atoms with E-state index in [2.05, 4.69) is 5.32 Å². The van der Waals surface area contributed by atoms with Crippen molar-refractivity contribution in [1.82, 2.24) is 5.32 Å². The molecule has 1 rings (SSSR count). The van der Waals surface area contributed by atoms with Crippen molar-refractivity contribution in [1.29, 1.82) is 0 Å². The summed E-state index contributed by atoms with van der Waals surface area (Å²) in [6.45, 7) is 3.62. The van der Waals surface area contributed by atoms with Gasteiger partial charge in [-0.1, -0.05) is 71.6 Å². The van der Waals surface area contributed by atoms with Gasteiger partial charge in [0.1, 0.15) is 0 Å². The molecule has 0 bridgehead atoms. The van der Waals surface area contributed by atoms with Crippen LogP contribution in [0.25, 0.3) is 0 Å². The van der Waals surface area contributed by atoms with Gasteiger partial charge < -0.3 is 15.2 Å². The van der Waals surface area contributed by atoms with Crippen molar-refractivity contribution in [2.75, 3.05) is 0 Å². The van der Waals surface area contributed by atoms with Gasteiger partial charge in [0.25, 0.3) is 0 Å². The summed E-state index contributed by atoms with van der Waals surface area (Å²) in [6, 6.07) is 0.251. The van der Waals surface area contributed by atoms with Gasteiger partial charge in [0.15, 0.2) is 0 Å². The third kappa shape index (κ3) is 10.4. The third-order valence-corrected chi connectivity index (χ3v) is 4.73. The molecule has 0 aromatic carbocycles. The zero-order valence-electron chi connectivity index (χ0n) is 15.0.